The van der Waals surface area contributed by atoms with E-state index in [1.165, 1.54) is 88.0 Å². The van der Waals surface area contributed by atoms with Crippen molar-refractivity contribution in [1.29, 1.82) is 0 Å². The third-order valence-corrected chi connectivity index (χ3v) is 11.7. The van der Waals surface area contributed by atoms with Crippen molar-refractivity contribution in [2.75, 3.05) is 4.90 Å². The largest absolute Gasteiger partial charge is 0.310 e. The summed E-state index contributed by atoms with van der Waals surface area (Å²) in [5.74, 6) is 0. The summed E-state index contributed by atoms with van der Waals surface area (Å²) in [6, 6.07) is 65.5. The zero-order valence-corrected chi connectivity index (χ0v) is 31.2. The van der Waals surface area contributed by atoms with Gasteiger partial charge < -0.3 is 4.90 Å². The van der Waals surface area contributed by atoms with E-state index in [9.17, 15) is 0 Å². The average Bonchev–Trinajstić information content (AvgIpc) is 3.43. The van der Waals surface area contributed by atoms with Crippen LogP contribution in [0.25, 0.3) is 65.7 Å². The molecule has 10 rings (SSSR count). The molecule has 0 spiro atoms. The molecule has 1 nitrogen and oxygen atoms in total. The highest BCUT2D eigenvalue weighted by molar-refractivity contribution is 6.24. The first-order chi connectivity index (χ1) is 26.3. The Morgan fingerprint density at radius 2 is 0.833 bits per heavy atom. The van der Waals surface area contributed by atoms with Gasteiger partial charge in [0.1, 0.15) is 0 Å². The van der Waals surface area contributed by atoms with E-state index in [2.05, 4.69) is 209 Å². The van der Waals surface area contributed by atoms with Crippen LogP contribution >= 0.6 is 0 Å². The maximum atomic E-state index is 2.45. The molecule has 0 bridgehead atoms. The van der Waals surface area contributed by atoms with Crippen LogP contribution in [-0.4, -0.2) is 0 Å². The molecule has 0 fully saturated rings. The molecule has 0 amide bonds. The Bertz CT molecular complexity index is 2880. The van der Waals surface area contributed by atoms with Gasteiger partial charge in [0.2, 0.25) is 0 Å². The lowest BCUT2D eigenvalue weighted by atomic mass is 9.82. The minimum Gasteiger partial charge on any atom is -0.310 e. The fraction of sp³-hybridized carbons (Fsp3) is 0.0943. The molecule has 0 saturated heterocycles. The molecule has 0 unspecified atom stereocenters. The summed E-state index contributed by atoms with van der Waals surface area (Å²) in [6.07, 6.45) is 0. The van der Waals surface area contributed by atoms with Crippen molar-refractivity contribution < 1.29 is 0 Å². The number of aryl methyl sites for hydroxylation is 2. The predicted octanol–water partition coefficient (Wildman–Crippen LogP) is 14.9. The monoisotopic (exact) mass is 691 g/mol. The summed E-state index contributed by atoms with van der Waals surface area (Å²) >= 11 is 0. The molecule has 9 aromatic rings. The van der Waals surface area contributed by atoms with Crippen molar-refractivity contribution in [2.45, 2.75) is 33.1 Å². The van der Waals surface area contributed by atoms with Gasteiger partial charge in [0.05, 0.1) is 0 Å². The van der Waals surface area contributed by atoms with Crippen LogP contribution in [0.2, 0.25) is 0 Å². The molecular weight excluding hydrogens is 651 g/mol. The summed E-state index contributed by atoms with van der Waals surface area (Å²) in [5, 5.41) is 7.65. The smallest absolute Gasteiger partial charge is 0.0464 e. The van der Waals surface area contributed by atoms with Crippen LogP contribution in [0.4, 0.5) is 17.1 Å². The van der Waals surface area contributed by atoms with Gasteiger partial charge in [0, 0.05) is 22.5 Å². The molecule has 0 aromatic heterocycles. The second-order valence-corrected chi connectivity index (χ2v) is 15.5. The topological polar surface area (TPSA) is 3.24 Å². The van der Waals surface area contributed by atoms with Crippen LogP contribution in [0.15, 0.2) is 176 Å². The van der Waals surface area contributed by atoms with E-state index in [-0.39, 0.29) is 5.41 Å². The van der Waals surface area contributed by atoms with Crippen LogP contribution in [-0.2, 0) is 5.41 Å². The molecule has 0 aliphatic heterocycles. The highest BCUT2D eigenvalue weighted by atomic mass is 15.1. The number of hydrogen-bond donors (Lipinski definition) is 0. The number of benzene rings is 9. The van der Waals surface area contributed by atoms with Crippen LogP contribution in [0.5, 0.6) is 0 Å². The first-order valence-corrected chi connectivity index (χ1v) is 19.0. The quantitative estimate of drug-likeness (QED) is 0.162. The lowest BCUT2D eigenvalue weighted by Crippen LogP contribution is -2.14. The fourth-order valence-electron chi connectivity index (χ4n) is 9.09. The summed E-state index contributed by atoms with van der Waals surface area (Å²) < 4.78 is 0. The van der Waals surface area contributed by atoms with E-state index >= 15 is 0 Å². The first kappa shape index (κ1) is 32.2. The molecule has 1 heteroatoms. The van der Waals surface area contributed by atoms with Crippen molar-refractivity contribution in [3.63, 3.8) is 0 Å². The van der Waals surface area contributed by atoms with Crippen molar-refractivity contribution in [3.05, 3.63) is 198 Å². The Morgan fingerprint density at radius 3 is 1.43 bits per heavy atom. The average molecular weight is 692 g/mol. The summed E-state index contributed by atoms with van der Waals surface area (Å²) in [4.78, 5) is 2.36. The van der Waals surface area contributed by atoms with Crippen molar-refractivity contribution in [2.24, 2.45) is 0 Å². The van der Waals surface area contributed by atoms with Gasteiger partial charge in [-0.25, -0.2) is 0 Å². The molecule has 0 N–H and O–H groups in total. The van der Waals surface area contributed by atoms with E-state index in [1.807, 2.05) is 0 Å². The normalized spacial score (nSPS) is 13.0. The lowest BCUT2D eigenvalue weighted by Gasteiger charge is -2.26. The first-order valence-electron chi connectivity index (χ1n) is 19.0. The van der Waals surface area contributed by atoms with E-state index in [1.54, 1.807) is 0 Å². The second kappa shape index (κ2) is 12.3. The maximum Gasteiger partial charge on any atom is 0.0464 e. The Balaban J connectivity index is 1.14. The van der Waals surface area contributed by atoms with Crippen LogP contribution in [0.1, 0.15) is 36.1 Å². The van der Waals surface area contributed by atoms with E-state index in [4.69, 9.17) is 0 Å². The van der Waals surface area contributed by atoms with Crippen LogP contribution in [0, 0.1) is 13.8 Å². The zero-order valence-electron chi connectivity index (χ0n) is 31.2. The van der Waals surface area contributed by atoms with Crippen molar-refractivity contribution in [3.8, 4) is 33.4 Å². The van der Waals surface area contributed by atoms with Gasteiger partial charge in [0.15, 0.2) is 0 Å². The summed E-state index contributed by atoms with van der Waals surface area (Å²) in [7, 11) is 0. The minimum absolute atomic E-state index is 0.0137. The SMILES string of the molecule is Cc1cccc(N(c2ccc(-c3cc4c5ccccc5c(-c5ccc6c(c5)-c5ccccc5C6(C)C)cc4c4ccccc34)cc2)c2cccc(C)c2)c1. The fourth-order valence-corrected chi connectivity index (χ4v) is 9.09. The second-order valence-electron chi connectivity index (χ2n) is 15.5. The van der Waals surface area contributed by atoms with Gasteiger partial charge in [-0.1, -0.05) is 135 Å². The van der Waals surface area contributed by atoms with Crippen molar-refractivity contribution >= 4 is 49.4 Å². The molecule has 0 atom stereocenters. The molecule has 1 aliphatic carbocycles. The van der Waals surface area contributed by atoms with Crippen molar-refractivity contribution in [1.82, 2.24) is 0 Å². The zero-order chi connectivity index (χ0) is 36.6. The van der Waals surface area contributed by atoms with E-state index in [0.717, 1.165) is 17.1 Å². The lowest BCUT2D eigenvalue weighted by molar-refractivity contribution is 0.660. The maximum absolute atomic E-state index is 2.45. The summed E-state index contributed by atoms with van der Waals surface area (Å²) in [5.41, 5.74) is 16.4. The van der Waals surface area contributed by atoms with Gasteiger partial charge in [0.25, 0.3) is 0 Å². The Kier molecular flexibility index (Phi) is 7.35. The van der Waals surface area contributed by atoms with Crippen LogP contribution in [0.3, 0.4) is 0 Å². The highest BCUT2D eigenvalue weighted by Gasteiger charge is 2.35. The number of nitrogens with zero attached hydrogens (tertiary/aromatic N) is 1. The van der Waals surface area contributed by atoms with Gasteiger partial charge in [-0.15, -0.1) is 0 Å². The van der Waals surface area contributed by atoms with E-state index in [0.29, 0.717) is 0 Å². The minimum atomic E-state index is -0.0137. The highest BCUT2D eigenvalue weighted by Crippen LogP contribution is 2.50. The molecule has 0 saturated carbocycles. The van der Waals surface area contributed by atoms with Gasteiger partial charge >= 0.3 is 0 Å². The number of rotatable bonds is 5. The van der Waals surface area contributed by atoms with Gasteiger partial charge in [-0.3, -0.25) is 0 Å². The van der Waals surface area contributed by atoms with Gasteiger partial charge in [-0.2, -0.15) is 0 Å². The Morgan fingerprint density at radius 1 is 0.333 bits per heavy atom. The Hall–Kier alpha value is -6.44. The van der Waals surface area contributed by atoms with Gasteiger partial charge in [-0.05, 0) is 156 Å². The molecule has 54 heavy (non-hydrogen) atoms. The third kappa shape index (κ3) is 5.07. The summed E-state index contributed by atoms with van der Waals surface area (Å²) in [6.45, 7) is 9.02. The third-order valence-electron chi connectivity index (χ3n) is 11.7. The molecule has 0 radical (unpaired) electrons. The van der Waals surface area contributed by atoms with Crippen LogP contribution < -0.4 is 4.90 Å². The molecule has 258 valence electrons. The molecule has 1 aliphatic rings. The number of anilines is 3. The molecule has 9 aromatic carbocycles. The molecule has 0 heterocycles. The standard InChI is InChI=1S/C53H41N/c1-34-13-11-15-39(29-34)54(40-16-12-14-35(2)30-40)38-26-23-36(24-27-38)46-32-48-44-20-8-6-18-42(44)47(33-49(48)43-19-7-5-17-41(43)46)37-25-28-52-50(31-37)45-21-9-10-22-51(45)53(52,3)4/h5-33H,1-4H3. The number of hydrogen-bond acceptors (Lipinski definition) is 1. The Labute approximate surface area is 317 Å². The van der Waals surface area contributed by atoms with E-state index < -0.39 is 0 Å². The predicted molar refractivity (Wildman–Crippen MR) is 232 cm³/mol. The molecular formula is C53H41N. The number of fused-ring (bicyclic) bond motifs is 8.